The number of aromatic nitrogens is 1. The second-order valence-electron chi connectivity index (χ2n) is 9.20. The van der Waals surface area contributed by atoms with Gasteiger partial charge in [0.25, 0.3) is 12.4 Å². The summed E-state index contributed by atoms with van der Waals surface area (Å²) < 4.78 is 41.4. The summed E-state index contributed by atoms with van der Waals surface area (Å²) in [5.41, 5.74) is 3.46. The van der Waals surface area contributed by atoms with Gasteiger partial charge >= 0.3 is 0 Å². The number of hydrogen-bond acceptors (Lipinski definition) is 6. The van der Waals surface area contributed by atoms with Gasteiger partial charge in [0.2, 0.25) is 10.0 Å². The maximum atomic E-state index is 13.5. The van der Waals surface area contributed by atoms with E-state index in [4.69, 9.17) is 9.90 Å². The number of amides is 1. The Balaban J connectivity index is 0.00000134. The van der Waals surface area contributed by atoms with Crippen LogP contribution in [0.25, 0.3) is 10.9 Å². The molecule has 1 amide bonds. The first kappa shape index (κ1) is 30.1. The molecule has 4 N–H and O–H groups in total. The van der Waals surface area contributed by atoms with E-state index >= 15 is 0 Å². The number of aliphatic hydroxyl groups is 1. The molecule has 0 saturated heterocycles. The fourth-order valence-corrected chi connectivity index (χ4v) is 5.90. The zero-order valence-corrected chi connectivity index (χ0v) is 22.8. The third-order valence-corrected chi connectivity index (χ3v) is 8.48. The molecular weight excluding hydrogens is 527 g/mol. The number of hydrogen-bond donors (Lipinski definition) is 4. The van der Waals surface area contributed by atoms with Crippen molar-refractivity contribution in [3.8, 4) is 0 Å². The average molecular weight is 563 g/mol. The molecule has 4 rings (SSSR count). The largest absolute Gasteiger partial charge is 0.483 e. The topological polar surface area (TPSA) is 141 Å². The van der Waals surface area contributed by atoms with Crippen molar-refractivity contribution in [3.63, 3.8) is 0 Å². The first-order chi connectivity index (χ1) is 18.7. The summed E-state index contributed by atoms with van der Waals surface area (Å²) in [6.07, 6.45) is 1.79. The highest BCUT2D eigenvalue weighted by Gasteiger charge is 2.29. The molecule has 0 radical (unpaired) electrons. The highest BCUT2D eigenvalue weighted by Crippen LogP contribution is 2.36. The van der Waals surface area contributed by atoms with E-state index in [1.165, 1.54) is 11.4 Å². The smallest absolute Gasteiger partial charge is 0.290 e. The van der Waals surface area contributed by atoms with Crippen molar-refractivity contribution in [2.45, 2.75) is 38.5 Å². The Morgan fingerprint density at radius 3 is 2.56 bits per heavy atom. The van der Waals surface area contributed by atoms with Gasteiger partial charge in [0, 0.05) is 43.8 Å². The van der Waals surface area contributed by atoms with Crippen LogP contribution in [0.2, 0.25) is 0 Å². The van der Waals surface area contributed by atoms with Crippen molar-refractivity contribution < 1.29 is 32.6 Å². The molecule has 0 saturated carbocycles. The molecule has 1 aromatic heterocycles. The molecule has 212 valence electrons. The Hall–Kier alpha value is -3.48. The molecule has 0 aliphatic carbocycles. The molecule has 39 heavy (non-hydrogen) atoms. The molecule has 0 unspecified atom stereocenters. The van der Waals surface area contributed by atoms with Crippen molar-refractivity contribution in [3.05, 3.63) is 65.4 Å². The highest BCUT2D eigenvalue weighted by molar-refractivity contribution is 7.92. The van der Waals surface area contributed by atoms with E-state index in [2.05, 4.69) is 10.6 Å². The van der Waals surface area contributed by atoms with E-state index in [0.717, 1.165) is 22.0 Å². The van der Waals surface area contributed by atoms with Gasteiger partial charge in [-0.15, -0.1) is 0 Å². The van der Waals surface area contributed by atoms with Gasteiger partial charge in [-0.3, -0.25) is 13.9 Å². The minimum Gasteiger partial charge on any atom is -0.483 e. The first-order valence-corrected chi connectivity index (χ1v) is 14.3. The molecule has 0 spiro atoms. The summed E-state index contributed by atoms with van der Waals surface area (Å²) in [6, 6.07) is 12.2. The predicted molar refractivity (Wildman–Crippen MR) is 148 cm³/mol. The maximum absolute atomic E-state index is 13.5. The summed E-state index contributed by atoms with van der Waals surface area (Å²) in [5.74, 6) is -0.418. The van der Waals surface area contributed by atoms with Crippen LogP contribution in [0.1, 0.15) is 28.4 Å². The van der Waals surface area contributed by atoms with Crippen LogP contribution in [0.5, 0.6) is 0 Å². The van der Waals surface area contributed by atoms with E-state index < -0.39 is 34.8 Å². The molecular formula is C27H35FN4O6S. The lowest BCUT2D eigenvalue weighted by molar-refractivity contribution is -0.122. The third-order valence-electron chi connectivity index (χ3n) is 6.73. The van der Waals surface area contributed by atoms with Gasteiger partial charge in [-0.25, -0.2) is 12.8 Å². The number of alkyl halides is 1. The average Bonchev–Trinajstić information content (AvgIpc) is 3.25. The number of halogens is 1. The molecule has 0 fully saturated rings. The van der Waals surface area contributed by atoms with Crippen LogP contribution in [0.4, 0.5) is 10.1 Å². The number of carbonyl (C=O) groups is 2. The van der Waals surface area contributed by atoms with Gasteiger partial charge in [0.05, 0.1) is 29.1 Å². The van der Waals surface area contributed by atoms with Crippen molar-refractivity contribution in [1.29, 1.82) is 0 Å². The van der Waals surface area contributed by atoms with Crippen molar-refractivity contribution in [2.24, 2.45) is 0 Å². The number of nitrogens with zero attached hydrogens (tertiary/aromatic N) is 2. The number of nitrogens with one attached hydrogen (secondary N) is 2. The predicted octanol–water partition coefficient (Wildman–Crippen LogP) is 1.95. The Kier molecular flexibility index (Phi) is 10.4. The Labute approximate surface area is 227 Å². The molecule has 2 atom stereocenters. The highest BCUT2D eigenvalue weighted by atomic mass is 32.2. The summed E-state index contributed by atoms with van der Waals surface area (Å²) in [5, 5.41) is 24.3. The van der Waals surface area contributed by atoms with Gasteiger partial charge in [-0.05, 0) is 43.0 Å². The molecule has 1 aliphatic heterocycles. The van der Waals surface area contributed by atoms with Crippen LogP contribution < -0.4 is 14.9 Å². The summed E-state index contributed by atoms with van der Waals surface area (Å²) >= 11 is 0. The quantitative estimate of drug-likeness (QED) is 0.219. The van der Waals surface area contributed by atoms with Gasteiger partial charge in [0.1, 0.15) is 6.67 Å². The van der Waals surface area contributed by atoms with E-state index in [1.807, 2.05) is 48.0 Å². The minimum atomic E-state index is -3.52. The summed E-state index contributed by atoms with van der Waals surface area (Å²) in [6.45, 7) is 2.10. The van der Waals surface area contributed by atoms with Crippen LogP contribution in [0, 0.1) is 0 Å². The number of carbonyl (C=O) groups excluding carboxylic acids is 1. The second-order valence-corrected chi connectivity index (χ2v) is 11.3. The van der Waals surface area contributed by atoms with Crippen molar-refractivity contribution in [2.75, 3.05) is 36.9 Å². The standard InChI is InChI=1S/C26H33FN4O4S.CH2O2/c1-3-31-17-19-9-12-36(34,35)30(2)22-14-20(15-23(31)25(19)22)26(33)29-21(24(32)16-28-11-10-27)13-18-7-5-4-6-8-18;2-1-3/h4-8,14-15,17,21,24,28,32H,3,9-13,16H2,1-2H3,(H,29,33);1H,(H,2,3)/t21-,24+;/m0./s1. The first-order valence-electron chi connectivity index (χ1n) is 12.7. The lowest BCUT2D eigenvalue weighted by atomic mass is 10.00. The van der Waals surface area contributed by atoms with Crippen molar-refractivity contribution >= 4 is 39.0 Å². The minimum absolute atomic E-state index is 0.000239. The SMILES string of the molecule is CCn1cc2c3c(cc(C(=O)N[C@@H](Cc4ccccc4)[C@H](O)CNCCF)cc31)N(C)S(=O)(=O)CC2.O=CO. The number of aliphatic hydroxyl groups excluding tert-OH is 1. The lowest BCUT2D eigenvalue weighted by Crippen LogP contribution is -2.49. The normalized spacial score (nSPS) is 15.5. The third kappa shape index (κ3) is 7.14. The molecule has 2 heterocycles. The van der Waals surface area contributed by atoms with Gasteiger partial charge in [-0.2, -0.15) is 0 Å². The van der Waals surface area contributed by atoms with E-state index in [0.29, 0.717) is 30.6 Å². The van der Waals surface area contributed by atoms with Crippen LogP contribution in [-0.4, -0.2) is 80.3 Å². The van der Waals surface area contributed by atoms with Gasteiger partial charge in [-0.1, -0.05) is 30.3 Å². The Morgan fingerprint density at radius 1 is 1.23 bits per heavy atom. The summed E-state index contributed by atoms with van der Waals surface area (Å²) in [4.78, 5) is 21.9. The fraction of sp³-hybridized carbons (Fsp3) is 0.407. The molecule has 10 nitrogen and oxygen atoms in total. The summed E-state index contributed by atoms with van der Waals surface area (Å²) in [7, 11) is -2.00. The number of rotatable bonds is 10. The van der Waals surface area contributed by atoms with Gasteiger partial charge < -0.3 is 25.4 Å². The van der Waals surface area contributed by atoms with E-state index in [-0.39, 0.29) is 25.3 Å². The second kappa shape index (κ2) is 13.5. The Bertz CT molecular complexity index is 1380. The monoisotopic (exact) mass is 562 g/mol. The Morgan fingerprint density at radius 2 is 1.92 bits per heavy atom. The number of sulfonamides is 1. The maximum Gasteiger partial charge on any atom is 0.290 e. The zero-order valence-electron chi connectivity index (χ0n) is 22.0. The van der Waals surface area contributed by atoms with Crippen LogP contribution in [-0.2, 0) is 34.2 Å². The fourth-order valence-electron chi connectivity index (χ4n) is 4.71. The van der Waals surface area contributed by atoms with E-state index in [1.54, 1.807) is 12.1 Å². The van der Waals surface area contributed by atoms with Gasteiger partial charge in [0.15, 0.2) is 0 Å². The molecule has 2 aromatic carbocycles. The number of carboxylic acid groups (broad SMARTS) is 1. The van der Waals surface area contributed by atoms with Crippen LogP contribution in [0.15, 0.2) is 48.7 Å². The molecule has 12 heteroatoms. The molecule has 1 aliphatic rings. The zero-order chi connectivity index (χ0) is 28.6. The number of anilines is 1. The molecule has 3 aromatic rings. The molecule has 0 bridgehead atoms. The number of benzene rings is 2. The van der Waals surface area contributed by atoms with Crippen molar-refractivity contribution in [1.82, 2.24) is 15.2 Å². The number of aryl methyl sites for hydroxylation is 2. The lowest BCUT2D eigenvalue weighted by Gasteiger charge is -2.25. The van der Waals surface area contributed by atoms with Crippen LogP contribution in [0.3, 0.4) is 0 Å². The van der Waals surface area contributed by atoms with Crippen LogP contribution >= 0.6 is 0 Å². The van der Waals surface area contributed by atoms with E-state index in [9.17, 15) is 22.7 Å².